The minimum atomic E-state index is -0.696. The molecule has 1 aromatic rings. The fourth-order valence-corrected chi connectivity index (χ4v) is 2.34. The molecule has 126 valence electrons. The first-order valence-corrected chi connectivity index (χ1v) is 6.90. The summed E-state index contributed by atoms with van der Waals surface area (Å²) in [5.74, 6) is -1.10. The van der Waals surface area contributed by atoms with E-state index in [0.717, 1.165) is 25.5 Å². The lowest BCUT2D eigenvalue weighted by molar-refractivity contribution is -0.384. The van der Waals surface area contributed by atoms with Gasteiger partial charge in [-0.15, -0.1) is 12.4 Å². The minimum Gasteiger partial charge on any atom is -0.465 e. The molecule has 1 atom stereocenters. The normalized spacial score (nSPS) is 16.8. The van der Waals surface area contributed by atoms with Crippen LogP contribution in [0.3, 0.4) is 0 Å². The topological polar surface area (TPSA) is 111 Å². The summed E-state index contributed by atoms with van der Waals surface area (Å²) >= 11 is 0. The Hall–Kier alpha value is -2.19. The van der Waals surface area contributed by atoms with E-state index in [2.05, 4.69) is 15.4 Å². The zero-order chi connectivity index (χ0) is 16.1. The molecule has 1 amide bonds. The maximum Gasteiger partial charge on any atom is 0.338 e. The lowest BCUT2D eigenvalue weighted by Crippen LogP contribution is -2.37. The van der Waals surface area contributed by atoms with Crippen LogP contribution >= 0.6 is 12.4 Å². The van der Waals surface area contributed by atoms with Crippen LogP contribution in [0.4, 0.5) is 11.4 Å². The summed E-state index contributed by atoms with van der Waals surface area (Å²) in [6, 6.07) is 3.71. The number of benzene rings is 1. The van der Waals surface area contributed by atoms with Crippen molar-refractivity contribution in [3.63, 3.8) is 0 Å². The van der Waals surface area contributed by atoms with Crippen molar-refractivity contribution in [3.8, 4) is 0 Å². The number of carbonyl (C=O) groups is 2. The summed E-state index contributed by atoms with van der Waals surface area (Å²) < 4.78 is 4.56. The van der Waals surface area contributed by atoms with Crippen LogP contribution in [0.1, 0.15) is 23.2 Å². The molecule has 0 spiro atoms. The predicted molar refractivity (Wildman–Crippen MR) is 85.9 cm³/mol. The van der Waals surface area contributed by atoms with Crippen molar-refractivity contribution < 1.29 is 19.2 Å². The highest BCUT2D eigenvalue weighted by Crippen LogP contribution is 2.23. The molecular formula is C14H18ClN3O5. The van der Waals surface area contributed by atoms with E-state index in [9.17, 15) is 19.7 Å². The third-order valence-electron chi connectivity index (χ3n) is 3.48. The van der Waals surface area contributed by atoms with Crippen LogP contribution < -0.4 is 10.6 Å². The third-order valence-corrected chi connectivity index (χ3v) is 3.48. The van der Waals surface area contributed by atoms with Gasteiger partial charge in [-0.25, -0.2) is 4.79 Å². The van der Waals surface area contributed by atoms with Crippen molar-refractivity contribution in [2.45, 2.75) is 12.8 Å². The highest BCUT2D eigenvalue weighted by Gasteiger charge is 2.22. The number of piperidine rings is 1. The molecule has 0 saturated carbocycles. The van der Waals surface area contributed by atoms with Gasteiger partial charge in [-0.2, -0.15) is 0 Å². The van der Waals surface area contributed by atoms with Gasteiger partial charge in [0.15, 0.2) is 0 Å². The second-order valence-corrected chi connectivity index (χ2v) is 5.05. The van der Waals surface area contributed by atoms with Gasteiger partial charge in [0, 0.05) is 24.4 Å². The van der Waals surface area contributed by atoms with E-state index in [1.807, 2.05) is 0 Å². The lowest BCUT2D eigenvalue weighted by Gasteiger charge is -2.21. The number of nitro groups is 1. The minimum absolute atomic E-state index is 0. The number of nitrogens with one attached hydrogen (secondary N) is 2. The van der Waals surface area contributed by atoms with E-state index < -0.39 is 10.9 Å². The van der Waals surface area contributed by atoms with Gasteiger partial charge in [0.2, 0.25) is 5.91 Å². The highest BCUT2D eigenvalue weighted by atomic mass is 35.5. The van der Waals surface area contributed by atoms with Crippen LogP contribution in [-0.2, 0) is 9.53 Å². The third kappa shape index (κ3) is 4.90. The Bertz CT molecular complexity index is 602. The Balaban J connectivity index is 0.00000264. The number of non-ortho nitro benzene ring substituents is 1. The molecule has 1 aromatic carbocycles. The Labute approximate surface area is 139 Å². The smallest absolute Gasteiger partial charge is 0.338 e. The monoisotopic (exact) mass is 343 g/mol. The molecule has 1 aliphatic rings. The number of anilines is 1. The van der Waals surface area contributed by atoms with Gasteiger partial charge in [0.25, 0.3) is 5.69 Å². The highest BCUT2D eigenvalue weighted by molar-refractivity contribution is 5.96. The van der Waals surface area contributed by atoms with E-state index in [1.54, 1.807) is 0 Å². The summed E-state index contributed by atoms with van der Waals surface area (Å²) in [5, 5.41) is 16.7. The number of hydrogen-bond acceptors (Lipinski definition) is 6. The number of ether oxygens (including phenoxy) is 1. The van der Waals surface area contributed by atoms with Crippen LogP contribution in [0.25, 0.3) is 0 Å². The number of halogens is 1. The average molecular weight is 344 g/mol. The van der Waals surface area contributed by atoms with Crippen molar-refractivity contribution >= 4 is 35.7 Å². The molecule has 1 saturated heterocycles. The van der Waals surface area contributed by atoms with Gasteiger partial charge in [-0.05, 0) is 25.5 Å². The fourth-order valence-electron chi connectivity index (χ4n) is 2.34. The molecule has 8 nitrogen and oxygen atoms in total. The molecule has 0 radical (unpaired) electrons. The van der Waals surface area contributed by atoms with Crippen molar-refractivity contribution in [1.82, 2.24) is 5.32 Å². The van der Waals surface area contributed by atoms with Gasteiger partial charge in [0.1, 0.15) is 0 Å². The molecule has 23 heavy (non-hydrogen) atoms. The first kappa shape index (κ1) is 18.9. The van der Waals surface area contributed by atoms with E-state index in [0.29, 0.717) is 6.54 Å². The fraction of sp³-hybridized carbons (Fsp3) is 0.429. The zero-order valence-electron chi connectivity index (χ0n) is 12.5. The van der Waals surface area contributed by atoms with Gasteiger partial charge in [-0.1, -0.05) is 0 Å². The van der Waals surface area contributed by atoms with Gasteiger partial charge < -0.3 is 15.4 Å². The molecule has 1 aliphatic heterocycles. The first-order chi connectivity index (χ1) is 10.5. The number of rotatable bonds is 4. The molecule has 1 heterocycles. The molecule has 2 rings (SSSR count). The largest absolute Gasteiger partial charge is 0.465 e. The number of methoxy groups -OCH3 is 1. The van der Waals surface area contributed by atoms with Gasteiger partial charge in [0.05, 0.1) is 23.5 Å². The SMILES string of the molecule is COC(=O)c1cc(NC(=O)C2CCCNC2)cc([N+](=O)[O-])c1.Cl. The maximum absolute atomic E-state index is 12.2. The van der Waals surface area contributed by atoms with Crippen LogP contribution in [0.5, 0.6) is 0 Å². The number of hydrogen-bond donors (Lipinski definition) is 2. The van der Waals surface area contributed by atoms with Gasteiger partial charge in [-0.3, -0.25) is 14.9 Å². The molecule has 2 N–H and O–H groups in total. The number of nitro benzene ring substituents is 1. The molecule has 9 heteroatoms. The number of esters is 1. The average Bonchev–Trinajstić information content (AvgIpc) is 2.54. The Morgan fingerprint density at radius 2 is 2.13 bits per heavy atom. The standard InChI is InChI=1S/C14H17N3O5.ClH/c1-22-14(19)10-5-11(7-12(6-10)17(20)21)16-13(18)9-3-2-4-15-8-9;/h5-7,9,15H,2-4,8H2,1H3,(H,16,18);1H. The maximum atomic E-state index is 12.2. The summed E-state index contributed by atoms with van der Waals surface area (Å²) in [5.41, 5.74) is -0.0427. The summed E-state index contributed by atoms with van der Waals surface area (Å²) in [6.45, 7) is 1.46. The quantitative estimate of drug-likeness (QED) is 0.489. The van der Waals surface area contributed by atoms with Crippen LogP contribution in [0.15, 0.2) is 18.2 Å². The van der Waals surface area contributed by atoms with E-state index in [4.69, 9.17) is 0 Å². The molecule has 0 aromatic heterocycles. The molecule has 0 aliphatic carbocycles. The van der Waals surface area contributed by atoms with Gasteiger partial charge >= 0.3 is 5.97 Å². The van der Waals surface area contributed by atoms with Crippen LogP contribution in [0, 0.1) is 16.0 Å². The van der Waals surface area contributed by atoms with E-state index in [-0.39, 0.29) is 41.2 Å². The summed E-state index contributed by atoms with van der Waals surface area (Å²) in [7, 11) is 1.19. The lowest BCUT2D eigenvalue weighted by atomic mass is 9.98. The first-order valence-electron chi connectivity index (χ1n) is 6.90. The van der Waals surface area contributed by atoms with Crippen LogP contribution in [0.2, 0.25) is 0 Å². The second kappa shape index (κ2) is 8.44. The van der Waals surface area contributed by atoms with Crippen molar-refractivity contribution in [2.75, 3.05) is 25.5 Å². The van der Waals surface area contributed by atoms with Crippen molar-refractivity contribution in [1.29, 1.82) is 0 Å². The molecule has 0 bridgehead atoms. The molecule has 1 fully saturated rings. The molecular weight excluding hydrogens is 326 g/mol. The Kier molecular flexibility index (Phi) is 6.92. The summed E-state index contributed by atoms with van der Waals surface area (Å²) in [6.07, 6.45) is 1.66. The Morgan fingerprint density at radius 1 is 1.39 bits per heavy atom. The van der Waals surface area contributed by atoms with Crippen molar-refractivity contribution in [3.05, 3.63) is 33.9 Å². The van der Waals surface area contributed by atoms with E-state index in [1.165, 1.54) is 19.2 Å². The number of amides is 1. The molecule has 1 unspecified atom stereocenters. The predicted octanol–water partition coefficient (Wildman–Crippen LogP) is 1.74. The number of nitrogens with zero attached hydrogens (tertiary/aromatic N) is 1. The van der Waals surface area contributed by atoms with E-state index >= 15 is 0 Å². The summed E-state index contributed by atoms with van der Waals surface area (Å²) in [4.78, 5) is 34.0. The zero-order valence-corrected chi connectivity index (χ0v) is 13.4. The van der Waals surface area contributed by atoms with Crippen LogP contribution in [-0.4, -0.2) is 37.0 Å². The Morgan fingerprint density at radius 3 is 2.70 bits per heavy atom. The number of carbonyl (C=O) groups excluding carboxylic acids is 2. The van der Waals surface area contributed by atoms with Crippen molar-refractivity contribution in [2.24, 2.45) is 5.92 Å². The second-order valence-electron chi connectivity index (χ2n) is 5.05.